The van der Waals surface area contributed by atoms with E-state index in [1.54, 1.807) is 0 Å². The lowest BCUT2D eigenvalue weighted by atomic mass is 10.2. The number of halogens is 4. The maximum Gasteiger partial charge on any atom is 0.414 e. The van der Waals surface area contributed by atoms with E-state index in [2.05, 4.69) is 5.16 Å². The summed E-state index contributed by atoms with van der Waals surface area (Å²) in [6, 6.07) is 1.98. The van der Waals surface area contributed by atoms with Crippen molar-refractivity contribution in [2.45, 2.75) is 12.5 Å². The van der Waals surface area contributed by atoms with Crippen LogP contribution in [0.3, 0.4) is 0 Å². The lowest BCUT2D eigenvalue weighted by Gasteiger charge is -2.36. The van der Waals surface area contributed by atoms with Crippen molar-refractivity contribution in [2.75, 3.05) is 55.6 Å². The molecule has 0 aliphatic carbocycles. The Bertz CT molecular complexity index is 871. The fourth-order valence-corrected chi connectivity index (χ4v) is 3.53. The van der Waals surface area contributed by atoms with Gasteiger partial charge in [-0.1, -0.05) is 5.16 Å². The molecule has 1 atom stereocenters. The molecule has 2 heterocycles. The predicted molar refractivity (Wildman–Crippen MR) is 105 cm³/mol. The molecule has 0 unspecified atom stereocenters. The van der Waals surface area contributed by atoms with Gasteiger partial charge in [-0.15, -0.1) is 0 Å². The molecule has 2 amide bonds. The molecule has 14 heteroatoms. The van der Waals surface area contributed by atoms with Gasteiger partial charge in [0.05, 0.1) is 25.3 Å². The van der Waals surface area contributed by atoms with Gasteiger partial charge in [0, 0.05) is 38.3 Å². The Hall–Kier alpha value is -3.29. The number of carbonyl (C=O) groups excluding carboxylic acids is 2. The van der Waals surface area contributed by atoms with E-state index in [0.29, 0.717) is 26.2 Å². The van der Waals surface area contributed by atoms with Crippen molar-refractivity contribution in [3.8, 4) is 0 Å². The number of cyclic esters (lactones) is 1. The van der Waals surface area contributed by atoms with Crippen LogP contribution in [0, 0.1) is 11.6 Å². The largest absolute Gasteiger partial charge is 0.442 e. The first-order valence-corrected chi connectivity index (χ1v) is 9.66. The van der Waals surface area contributed by atoms with Gasteiger partial charge in [-0.25, -0.2) is 13.6 Å². The van der Waals surface area contributed by atoms with Crippen molar-refractivity contribution in [2.24, 2.45) is 10.9 Å². The second kappa shape index (κ2) is 9.89. The molecule has 32 heavy (non-hydrogen) atoms. The molecule has 1 aromatic rings. The average Bonchev–Trinajstić information content (AvgIpc) is 3.13. The lowest BCUT2D eigenvalue weighted by molar-refractivity contribution is -0.132. The number of carbonyl (C=O) groups is 2. The maximum atomic E-state index is 14.8. The molecule has 0 saturated carbocycles. The SMILES string of the molecule is N/C(CN1CCN(c2c(F)cc(N3C[C@H](CNC(=O)C(F)F)OC3=O)cc2F)CC1)=N\O. The number of nitrogens with one attached hydrogen (secondary N) is 1. The second-order valence-corrected chi connectivity index (χ2v) is 7.27. The number of rotatable bonds is 7. The molecule has 0 radical (unpaired) electrons. The number of oxime groups is 1. The molecule has 10 nitrogen and oxygen atoms in total. The highest BCUT2D eigenvalue weighted by Crippen LogP contribution is 2.31. The summed E-state index contributed by atoms with van der Waals surface area (Å²) in [5, 5.41) is 13.5. The Morgan fingerprint density at radius 2 is 1.88 bits per heavy atom. The number of amidine groups is 1. The molecule has 0 spiro atoms. The fourth-order valence-electron chi connectivity index (χ4n) is 3.53. The summed E-state index contributed by atoms with van der Waals surface area (Å²) in [6.45, 7) is 1.15. The number of piperazine rings is 1. The van der Waals surface area contributed by atoms with Gasteiger partial charge in [0.15, 0.2) is 17.5 Å². The summed E-state index contributed by atoms with van der Waals surface area (Å²) in [5.74, 6) is -3.24. The second-order valence-electron chi connectivity index (χ2n) is 7.27. The molecule has 3 rings (SSSR count). The highest BCUT2D eigenvalue weighted by Gasteiger charge is 2.34. The molecule has 2 fully saturated rings. The van der Waals surface area contributed by atoms with E-state index < -0.39 is 36.2 Å². The van der Waals surface area contributed by atoms with Gasteiger partial charge in [-0.05, 0) is 0 Å². The molecule has 0 aromatic heterocycles. The Kier molecular flexibility index (Phi) is 7.22. The number of hydrogen-bond donors (Lipinski definition) is 3. The van der Waals surface area contributed by atoms with Gasteiger partial charge in [-0.2, -0.15) is 8.78 Å². The summed E-state index contributed by atoms with van der Waals surface area (Å²) in [6.07, 6.45) is -5.07. The predicted octanol–water partition coefficient (Wildman–Crippen LogP) is 0.540. The summed E-state index contributed by atoms with van der Waals surface area (Å²) >= 11 is 0. The Morgan fingerprint density at radius 1 is 1.25 bits per heavy atom. The van der Waals surface area contributed by atoms with E-state index >= 15 is 0 Å². The van der Waals surface area contributed by atoms with Crippen molar-refractivity contribution in [1.82, 2.24) is 10.2 Å². The van der Waals surface area contributed by atoms with Crippen LogP contribution in [0.4, 0.5) is 33.7 Å². The summed E-state index contributed by atoms with van der Waals surface area (Å²) in [4.78, 5) is 27.4. The van der Waals surface area contributed by atoms with Crippen LogP contribution in [-0.4, -0.2) is 86.3 Å². The van der Waals surface area contributed by atoms with Crippen molar-refractivity contribution in [3.63, 3.8) is 0 Å². The van der Waals surface area contributed by atoms with Gasteiger partial charge in [-0.3, -0.25) is 14.6 Å². The van der Waals surface area contributed by atoms with Crippen molar-refractivity contribution in [1.29, 1.82) is 0 Å². The van der Waals surface area contributed by atoms with Crippen LogP contribution in [0.25, 0.3) is 0 Å². The van der Waals surface area contributed by atoms with Crippen LogP contribution in [0.2, 0.25) is 0 Å². The number of hydrogen-bond acceptors (Lipinski definition) is 7. The quantitative estimate of drug-likeness (QED) is 0.178. The fraction of sp³-hybridized carbons (Fsp3) is 0.500. The number of amides is 2. The highest BCUT2D eigenvalue weighted by molar-refractivity contribution is 5.90. The van der Waals surface area contributed by atoms with Crippen LogP contribution in [0.5, 0.6) is 0 Å². The molecule has 2 aliphatic heterocycles. The van der Waals surface area contributed by atoms with E-state index in [9.17, 15) is 27.2 Å². The summed E-state index contributed by atoms with van der Waals surface area (Å²) in [7, 11) is 0. The van der Waals surface area contributed by atoms with E-state index in [1.165, 1.54) is 4.90 Å². The lowest BCUT2D eigenvalue weighted by Crippen LogP contribution is -2.49. The first kappa shape index (κ1) is 23.4. The topological polar surface area (TPSA) is 124 Å². The van der Waals surface area contributed by atoms with Crippen molar-refractivity contribution >= 4 is 29.2 Å². The standard InChI is InChI=1S/C18H22F4N6O4/c19-12-5-10(28-8-11(32-18(28)30)7-24-17(29)16(21)22)6-13(20)15(12)27-3-1-26(2-4-27)9-14(23)25-31/h5-6,11,16,31H,1-4,7-9H2,(H2,23,25)(H,24,29)/t11-/m0/s1. The van der Waals surface area contributed by atoms with Gasteiger partial charge in [0.2, 0.25) is 0 Å². The molecular weight excluding hydrogens is 440 g/mol. The Labute approximate surface area is 180 Å². The average molecular weight is 462 g/mol. The number of ether oxygens (including phenoxy) is 1. The zero-order chi connectivity index (χ0) is 23.4. The number of nitrogens with two attached hydrogens (primary N) is 1. The van der Waals surface area contributed by atoms with Gasteiger partial charge >= 0.3 is 12.5 Å². The molecule has 2 aliphatic rings. The van der Waals surface area contributed by atoms with Crippen LogP contribution < -0.4 is 20.9 Å². The van der Waals surface area contributed by atoms with Crippen molar-refractivity contribution < 1.29 is 37.1 Å². The van der Waals surface area contributed by atoms with Gasteiger partial charge < -0.3 is 25.9 Å². The van der Waals surface area contributed by atoms with Crippen LogP contribution >= 0.6 is 0 Å². The third kappa shape index (κ3) is 5.30. The summed E-state index contributed by atoms with van der Waals surface area (Å²) < 4.78 is 59.1. The van der Waals surface area contributed by atoms with Crippen LogP contribution in [0.1, 0.15) is 0 Å². The monoisotopic (exact) mass is 462 g/mol. The molecule has 0 bridgehead atoms. The van der Waals surface area contributed by atoms with E-state index in [0.717, 1.165) is 17.0 Å². The first-order chi connectivity index (χ1) is 15.2. The van der Waals surface area contributed by atoms with E-state index in [1.807, 2.05) is 10.2 Å². The van der Waals surface area contributed by atoms with E-state index in [4.69, 9.17) is 15.7 Å². The number of nitrogens with zero attached hydrogens (tertiary/aromatic N) is 4. The zero-order valence-electron chi connectivity index (χ0n) is 16.8. The molecule has 4 N–H and O–H groups in total. The molecular formula is C18H22F4N6O4. The number of alkyl halides is 2. The number of anilines is 2. The van der Waals surface area contributed by atoms with Crippen LogP contribution in [-0.2, 0) is 9.53 Å². The van der Waals surface area contributed by atoms with E-state index in [-0.39, 0.29) is 36.8 Å². The third-order valence-corrected chi connectivity index (χ3v) is 5.09. The minimum Gasteiger partial charge on any atom is -0.442 e. The summed E-state index contributed by atoms with van der Waals surface area (Å²) in [5.41, 5.74) is 5.13. The maximum absolute atomic E-state index is 14.8. The minimum atomic E-state index is -3.21. The normalized spacial score (nSPS) is 20.1. The van der Waals surface area contributed by atoms with Gasteiger partial charge in [0.25, 0.3) is 5.91 Å². The highest BCUT2D eigenvalue weighted by atomic mass is 19.3. The Morgan fingerprint density at radius 3 is 2.44 bits per heavy atom. The van der Waals surface area contributed by atoms with Crippen molar-refractivity contribution in [3.05, 3.63) is 23.8 Å². The smallest absolute Gasteiger partial charge is 0.414 e. The number of benzene rings is 1. The third-order valence-electron chi connectivity index (χ3n) is 5.09. The first-order valence-electron chi connectivity index (χ1n) is 9.66. The zero-order valence-corrected chi connectivity index (χ0v) is 16.8. The Balaban J connectivity index is 1.65. The minimum absolute atomic E-state index is 0.0322. The van der Waals surface area contributed by atoms with Crippen LogP contribution in [0.15, 0.2) is 17.3 Å². The van der Waals surface area contributed by atoms with Gasteiger partial charge in [0.1, 0.15) is 11.8 Å². The molecule has 1 aromatic carbocycles. The molecule has 2 saturated heterocycles. The molecule has 176 valence electrons.